The molecule has 0 aromatic heterocycles. The van der Waals surface area contributed by atoms with Crippen molar-refractivity contribution < 1.29 is 0 Å². The summed E-state index contributed by atoms with van der Waals surface area (Å²) in [5.41, 5.74) is 9.98. The Morgan fingerprint density at radius 1 is 1.20 bits per heavy atom. The second-order valence-corrected chi connectivity index (χ2v) is 7.42. The van der Waals surface area contributed by atoms with Crippen LogP contribution in [0.2, 0.25) is 0 Å². The smallest absolute Gasteiger partial charge is 0.0455 e. The minimum absolute atomic E-state index is 0.183. The van der Waals surface area contributed by atoms with Crippen LogP contribution in [0.1, 0.15) is 56.7 Å². The van der Waals surface area contributed by atoms with Gasteiger partial charge in [0.15, 0.2) is 0 Å². The van der Waals surface area contributed by atoms with E-state index in [1.54, 1.807) is 0 Å². The lowest BCUT2D eigenvalue weighted by molar-refractivity contribution is 0.0631. The highest BCUT2D eigenvalue weighted by molar-refractivity contribution is 5.32. The molecular formula is C18H28N2. The van der Waals surface area contributed by atoms with E-state index in [1.807, 2.05) is 0 Å². The molecule has 2 N–H and O–H groups in total. The Hall–Kier alpha value is -0.860. The first-order valence-electron chi connectivity index (χ1n) is 8.14. The first-order valence-corrected chi connectivity index (χ1v) is 8.14. The van der Waals surface area contributed by atoms with E-state index in [-0.39, 0.29) is 6.04 Å². The normalized spacial score (nSPS) is 30.6. The molecule has 0 amide bonds. The Morgan fingerprint density at radius 3 is 2.80 bits per heavy atom. The highest BCUT2D eigenvalue weighted by atomic mass is 15.2. The second kappa shape index (κ2) is 5.50. The van der Waals surface area contributed by atoms with Crippen molar-refractivity contribution in [1.82, 2.24) is 4.90 Å². The number of rotatable bonds is 1. The van der Waals surface area contributed by atoms with E-state index in [0.29, 0.717) is 11.5 Å². The number of hydrogen-bond acceptors (Lipinski definition) is 2. The fraction of sp³-hybridized carbons (Fsp3) is 0.667. The molecule has 1 heterocycles. The van der Waals surface area contributed by atoms with Gasteiger partial charge in [-0.05, 0) is 55.2 Å². The molecule has 2 unspecified atom stereocenters. The molecule has 0 radical (unpaired) electrons. The summed E-state index contributed by atoms with van der Waals surface area (Å²) in [6.07, 6.45) is 6.37. The van der Waals surface area contributed by atoms with Crippen molar-refractivity contribution in [3.63, 3.8) is 0 Å². The monoisotopic (exact) mass is 272 g/mol. The van der Waals surface area contributed by atoms with Gasteiger partial charge in [-0.25, -0.2) is 0 Å². The molecule has 1 fully saturated rings. The minimum Gasteiger partial charge on any atom is -0.323 e. The lowest BCUT2D eigenvalue weighted by atomic mass is 9.82. The van der Waals surface area contributed by atoms with Crippen LogP contribution in [-0.2, 0) is 6.42 Å². The van der Waals surface area contributed by atoms with Gasteiger partial charge < -0.3 is 5.73 Å². The maximum atomic E-state index is 6.67. The molecule has 1 aromatic carbocycles. The van der Waals surface area contributed by atoms with Crippen LogP contribution in [0, 0.1) is 5.41 Å². The third kappa shape index (κ3) is 2.77. The molecule has 2 heteroatoms. The topological polar surface area (TPSA) is 29.3 Å². The van der Waals surface area contributed by atoms with E-state index in [1.165, 1.54) is 56.3 Å². The summed E-state index contributed by atoms with van der Waals surface area (Å²) in [5.74, 6) is 0. The Kier molecular flexibility index (Phi) is 3.87. The number of nitrogens with zero attached hydrogens (tertiary/aromatic N) is 1. The lowest BCUT2D eigenvalue weighted by Gasteiger charge is -2.44. The number of fused-ring (bicyclic) bond motifs is 1. The summed E-state index contributed by atoms with van der Waals surface area (Å²) in [5, 5.41) is 0. The number of benzene rings is 1. The van der Waals surface area contributed by atoms with E-state index in [2.05, 4.69) is 43.0 Å². The van der Waals surface area contributed by atoms with Gasteiger partial charge in [0.2, 0.25) is 0 Å². The van der Waals surface area contributed by atoms with Gasteiger partial charge in [-0.15, -0.1) is 0 Å². The number of nitrogens with two attached hydrogens (primary N) is 1. The molecule has 2 atom stereocenters. The fourth-order valence-corrected chi connectivity index (χ4v) is 4.14. The van der Waals surface area contributed by atoms with Crippen LogP contribution in [0.25, 0.3) is 0 Å². The second-order valence-electron chi connectivity index (χ2n) is 7.42. The van der Waals surface area contributed by atoms with Gasteiger partial charge in [0, 0.05) is 18.6 Å². The molecule has 2 nitrogen and oxygen atoms in total. The molecule has 1 aliphatic heterocycles. The Morgan fingerprint density at radius 2 is 2.00 bits per heavy atom. The molecule has 110 valence electrons. The molecule has 3 rings (SSSR count). The van der Waals surface area contributed by atoms with Crippen LogP contribution in [0.5, 0.6) is 0 Å². The van der Waals surface area contributed by atoms with Gasteiger partial charge in [0.05, 0.1) is 0 Å². The van der Waals surface area contributed by atoms with Gasteiger partial charge in [0.1, 0.15) is 0 Å². The lowest BCUT2D eigenvalue weighted by Crippen LogP contribution is -2.49. The van der Waals surface area contributed by atoms with Crippen molar-refractivity contribution >= 4 is 0 Å². The van der Waals surface area contributed by atoms with Gasteiger partial charge in [0.25, 0.3) is 0 Å². The number of likely N-dealkylation sites (tertiary alicyclic amines) is 1. The zero-order valence-electron chi connectivity index (χ0n) is 12.9. The molecule has 1 aliphatic carbocycles. The van der Waals surface area contributed by atoms with Crippen molar-refractivity contribution in [2.45, 2.75) is 58.0 Å². The average Bonchev–Trinajstić information content (AvgIpc) is 2.58. The summed E-state index contributed by atoms with van der Waals surface area (Å²) in [4.78, 5) is 2.68. The summed E-state index contributed by atoms with van der Waals surface area (Å²) in [6.45, 7) is 7.22. The predicted molar refractivity (Wildman–Crippen MR) is 84.7 cm³/mol. The summed E-state index contributed by atoms with van der Waals surface area (Å²) in [7, 11) is 0. The third-order valence-corrected chi connectivity index (χ3v) is 5.17. The molecule has 1 saturated heterocycles. The Balaban J connectivity index is 1.83. The van der Waals surface area contributed by atoms with Gasteiger partial charge in [-0.2, -0.15) is 0 Å². The SMILES string of the molecule is CC1(C)CCCN(C2CCCc3ccccc3C2N)C1. The highest BCUT2D eigenvalue weighted by Crippen LogP contribution is 2.35. The molecule has 0 spiro atoms. The van der Waals surface area contributed by atoms with Crippen molar-refractivity contribution in [1.29, 1.82) is 0 Å². The molecule has 0 saturated carbocycles. The van der Waals surface area contributed by atoms with Gasteiger partial charge in [-0.1, -0.05) is 38.1 Å². The maximum Gasteiger partial charge on any atom is 0.0455 e. The molecule has 1 aromatic rings. The van der Waals surface area contributed by atoms with Crippen LogP contribution >= 0.6 is 0 Å². The van der Waals surface area contributed by atoms with E-state index in [4.69, 9.17) is 5.73 Å². The molecule has 0 bridgehead atoms. The Bertz CT molecular complexity index is 466. The van der Waals surface area contributed by atoms with Crippen molar-refractivity contribution in [3.05, 3.63) is 35.4 Å². The molecule has 2 aliphatic rings. The van der Waals surface area contributed by atoms with Crippen molar-refractivity contribution in [3.8, 4) is 0 Å². The van der Waals surface area contributed by atoms with Crippen LogP contribution < -0.4 is 5.73 Å². The van der Waals surface area contributed by atoms with E-state index in [9.17, 15) is 0 Å². The zero-order chi connectivity index (χ0) is 14.2. The maximum absolute atomic E-state index is 6.67. The van der Waals surface area contributed by atoms with E-state index >= 15 is 0 Å². The van der Waals surface area contributed by atoms with Crippen LogP contribution in [0.15, 0.2) is 24.3 Å². The number of hydrogen-bond donors (Lipinski definition) is 1. The molecule has 20 heavy (non-hydrogen) atoms. The average molecular weight is 272 g/mol. The minimum atomic E-state index is 0.183. The summed E-state index contributed by atoms with van der Waals surface area (Å²) >= 11 is 0. The van der Waals surface area contributed by atoms with Crippen LogP contribution in [0.3, 0.4) is 0 Å². The standard InChI is InChI=1S/C18H28N2/c1-18(2)11-6-12-20(13-18)16-10-5-8-14-7-3-4-9-15(14)17(16)19/h3-4,7,9,16-17H,5-6,8,10-13,19H2,1-2H3. The van der Waals surface area contributed by atoms with E-state index in [0.717, 1.165) is 0 Å². The molecular weight excluding hydrogens is 244 g/mol. The number of aryl methyl sites for hydroxylation is 1. The van der Waals surface area contributed by atoms with Crippen molar-refractivity contribution in [2.24, 2.45) is 11.1 Å². The third-order valence-electron chi connectivity index (χ3n) is 5.17. The van der Waals surface area contributed by atoms with Crippen LogP contribution in [0.4, 0.5) is 0 Å². The fourth-order valence-electron chi connectivity index (χ4n) is 4.14. The van der Waals surface area contributed by atoms with E-state index < -0.39 is 0 Å². The van der Waals surface area contributed by atoms with Crippen molar-refractivity contribution in [2.75, 3.05) is 13.1 Å². The highest BCUT2D eigenvalue weighted by Gasteiger charge is 2.34. The van der Waals surface area contributed by atoms with Crippen LogP contribution in [-0.4, -0.2) is 24.0 Å². The quantitative estimate of drug-likeness (QED) is 0.793. The summed E-state index contributed by atoms with van der Waals surface area (Å²) in [6, 6.07) is 9.50. The largest absolute Gasteiger partial charge is 0.323 e. The first kappa shape index (κ1) is 14.1. The summed E-state index contributed by atoms with van der Waals surface area (Å²) < 4.78 is 0. The van der Waals surface area contributed by atoms with Gasteiger partial charge >= 0.3 is 0 Å². The van der Waals surface area contributed by atoms with Gasteiger partial charge in [-0.3, -0.25) is 4.90 Å². The zero-order valence-corrected chi connectivity index (χ0v) is 12.9. The first-order chi connectivity index (χ1) is 9.57. The number of piperidine rings is 1. The Labute approximate surface area is 123 Å². The predicted octanol–water partition coefficient (Wildman–Crippen LogP) is 3.51.